The summed E-state index contributed by atoms with van der Waals surface area (Å²) in [6.45, 7) is 1.97. The Balaban J connectivity index is 1.39. The Morgan fingerprint density at radius 1 is 1.12 bits per heavy atom. The molecule has 0 radical (unpaired) electrons. The minimum atomic E-state index is -0.678. The molecule has 4 rings (SSSR count). The molecule has 3 heterocycles. The molecule has 0 saturated carbocycles. The number of hydrogen-bond donors (Lipinski definition) is 1. The number of benzene rings is 1. The summed E-state index contributed by atoms with van der Waals surface area (Å²) >= 11 is 1.14. The highest BCUT2D eigenvalue weighted by Crippen LogP contribution is 2.36. The summed E-state index contributed by atoms with van der Waals surface area (Å²) in [5, 5.41) is 4.55. The Bertz CT molecular complexity index is 1200. The van der Waals surface area contributed by atoms with Crippen molar-refractivity contribution >= 4 is 45.8 Å². The first-order chi connectivity index (χ1) is 16.5. The Labute approximate surface area is 199 Å². The number of anilines is 2. The number of carbonyl (C=O) groups excluding carboxylic acids is 4. The van der Waals surface area contributed by atoms with Gasteiger partial charge in [0.2, 0.25) is 5.91 Å². The van der Waals surface area contributed by atoms with Gasteiger partial charge in [0.1, 0.15) is 16.3 Å². The van der Waals surface area contributed by atoms with E-state index in [1.54, 1.807) is 53.6 Å². The maximum Gasteiger partial charge on any atom is 0.341 e. The second-order valence-corrected chi connectivity index (χ2v) is 8.25. The maximum absolute atomic E-state index is 12.5. The molecule has 1 aliphatic heterocycles. The van der Waals surface area contributed by atoms with E-state index in [0.29, 0.717) is 30.0 Å². The largest absolute Gasteiger partial charge is 0.464 e. The van der Waals surface area contributed by atoms with Crippen LogP contribution >= 0.6 is 11.3 Å². The van der Waals surface area contributed by atoms with E-state index in [1.165, 1.54) is 6.26 Å². The van der Waals surface area contributed by atoms with Crippen molar-refractivity contribution in [1.82, 2.24) is 0 Å². The minimum Gasteiger partial charge on any atom is -0.464 e. The van der Waals surface area contributed by atoms with Crippen LogP contribution in [0.3, 0.4) is 0 Å². The van der Waals surface area contributed by atoms with E-state index in [0.717, 1.165) is 17.8 Å². The van der Waals surface area contributed by atoms with Gasteiger partial charge in [-0.05, 0) is 49.7 Å². The zero-order valence-electron chi connectivity index (χ0n) is 18.4. The highest BCUT2D eigenvalue weighted by molar-refractivity contribution is 7.15. The highest BCUT2D eigenvalue weighted by Gasteiger charge is 2.25. The monoisotopic (exact) mass is 482 g/mol. The number of amides is 2. The van der Waals surface area contributed by atoms with Gasteiger partial charge in [-0.2, -0.15) is 0 Å². The van der Waals surface area contributed by atoms with Crippen LogP contribution in [0, 0.1) is 0 Å². The third kappa shape index (κ3) is 5.01. The standard InChI is InChI=1S/C24H22N2O7S/c1-2-31-24(30)21-17(18-5-4-12-32-18)14-34-22(21)25-19(27)13-33-23(29)15-7-9-16(10-8-15)26-11-3-6-20(26)28/h4-5,7-10,12,14H,2-3,6,11,13H2,1H3,(H,25,27). The summed E-state index contributed by atoms with van der Waals surface area (Å²) in [5.41, 5.74) is 1.64. The predicted octanol–water partition coefficient (Wildman–Crippen LogP) is 4.11. The summed E-state index contributed by atoms with van der Waals surface area (Å²) in [4.78, 5) is 50.8. The molecule has 2 aromatic heterocycles. The Morgan fingerprint density at radius 2 is 1.91 bits per heavy atom. The van der Waals surface area contributed by atoms with Crippen molar-refractivity contribution in [2.75, 3.05) is 30.0 Å². The molecule has 0 atom stereocenters. The lowest BCUT2D eigenvalue weighted by Crippen LogP contribution is -2.24. The molecule has 1 fully saturated rings. The number of carbonyl (C=O) groups is 4. The molecule has 2 amide bonds. The lowest BCUT2D eigenvalue weighted by Gasteiger charge is -2.15. The minimum absolute atomic E-state index is 0.0537. The fourth-order valence-corrected chi connectivity index (χ4v) is 4.50. The van der Waals surface area contributed by atoms with Crippen molar-refractivity contribution in [2.45, 2.75) is 19.8 Å². The van der Waals surface area contributed by atoms with Crippen LogP contribution in [-0.4, -0.2) is 43.5 Å². The van der Waals surface area contributed by atoms with Crippen LogP contribution < -0.4 is 10.2 Å². The molecule has 1 aliphatic rings. The molecule has 34 heavy (non-hydrogen) atoms. The first-order valence-corrected chi connectivity index (χ1v) is 11.6. The van der Waals surface area contributed by atoms with Gasteiger partial charge in [-0.15, -0.1) is 11.3 Å². The smallest absolute Gasteiger partial charge is 0.341 e. The number of rotatable bonds is 8. The van der Waals surface area contributed by atoms with Crippen molar-refractivity contribution in [3.8, 4) is 11.3 Å². The number of nitrogens with one attached hydrogen (secondary N) is 1. The average molecular weight is 483 g/mol. The van der Waals surface area contributed by atoms with E-state index in [-0.39, 0.29) is 28.6 Å². The maximum atomic E-state index is 12.5. The van der Waals surface area contributed by atoms with E-state index in [2.05, 4.69) is 5.32 Å². The van der Waals surface area contributed by atoms with Crippen molar-refractivity contribution in [3.63, 3.8) is 0 Å². The number of furan rings is 1. The van der Waals surface area contributed by atoms with E-state index >= 15 is 0 Å². The number of ether oxygens (including phenoxy) is 2. The van der Waals surface area contributed by atoms with Gasteiger partial charge in [-0.25, -0.2) is 9.59 Å². The second kappa shape index (κ2) is 10.3. The molecule has 0 bridgehead atoms. The lowest BCUT2D eigenvalue weighted by atomic mass is 10.1. The molecule has 176 valence electrons. The number of esters is 2. The fourth-order valence-electron chi connectivity index (χ4n) is 3.54. The Morgan fingerprint density at radius 3 is 2.56 bits per heavy atom. The van der Waals surface area contributed by atoms with Crippen molar-refractivity contribution in [2.24, 2.45) is 0 Å². The summed E-state index contributed by atoms with van der Waals surface area (Å²) in [6, 6.07) is 9.84. The van der Waals surface area contributed by atoms with E-state index in [4.69, 9.17) is 13.9 Å². The fraction of sp³-hybridized carbons (Fsp3) is 0.250. The van der Waals surface area contributed by atoms with Gasteiger partial charge in [-0.1, -0.05) is 0 Å². The van der Waals surface area contributed by atoms with Crippen LogP contribution in [-0.2, 0) is 19.1 Å². The van der Waals surface area contributed by atoms with Crippen molar-refractivity contribution in [1.29, 1.82) is 0 Å². The molecule has 0 aliphatic carbocycles. The molecule has 1 saturated heterocycles. The van der Waals surface area contributed by atoms with Crippen LogP contribution in [0.15, 0.2) is 52.5 Å². The molecule has 3 aromatic rings. The molecule has 1 aromatic carbocycles. The van der Waals surface area contributed by atoms with Gasteiger partial charge in [0.05, 0.1) is 18.4 Å². The SMILES string of the molecule is CCOC(=O)c1c(-c2ccco2)csc1NC(=O)COC(=O)c1ccc(N2CCCC2=O)cc1. The third-order valence-electron chi connectivity index (χ3n) is 5.13. The molecule has 0 unspecified atom stereocenters. The number of nitrogens with zero attached hydrogens (tertiary/aromatic N) is 1. The average Bonchev–Trinajstić information content (AvgIpc) is 3.59. The molecular weight excluding hydrogens is 460 g/mol. The highest BCUT2D eigenvalue weighted by atomic mass is 32.1. The molecular formula is C24H22N2O7S. The van der Waals surface area contributed by atoms with Gasteiger partial charge < -0.3 is 24.1 Å². The predicted molar refractivity (Wildman–Crippen MR) is 125 cm³/mol. The lowest BCUT2D eigenvalue weighted by molar-refractivity contribution is -0.119. The molecule has 10 heteroatoms. The molecule has 0 spiro atoms. The summed E-state index contributed by atoms with van der Waals surface area (Å²) in [6.07, 6.45) is 2.81. The molecule has 1 N–H and O–H groups in total. The van der Waals surface area contributed by atoms with E-state index < -0.39 is 24.5 Å². The van der Waals surface area contributed by atoms with Gasteiger partial charge in [0.25, 0.3) is 5.91 Å². The number of thiophene rings is 1. The Hall–Kier alpha value is -3.92. The quantitative estimate of drug-likeness (QED) is 0.481. The second-order valence-electron chi connectivity index (χ2n) is 7.37. The summed E-state index contributed by atoms with van der Waals surface area (Å²) < 4.78 is 15.6. The van der Waals surface area contributed by atoms with Crippen molar-refractivity contribution in [3.05, 3.63) is 59.2 Å². The summed E-state index contributed by atoms with van der Waals surface area (Å²) in [7, 11) is 0. The van der Waals surface area contributed by atoms with Crippen LogP contribution in [0.5, 0.6) is 0 Å². The van der Waals surface area contributed by atoms with Crippen LogP contribution in [0.2, 0.25) is 0 Å². The van der Waals surface area contributed by atoms with Gasteiger partial charge >= 0.3 is 11.9 Å². The first kappa shape index (κ1) is 23.2. The van der Waals surface area contributed by atoms with Crippen LogP contribution in [0.4, 0.5) is 10.7 Å². The Kier molecular flexibility index (Phi) is 7.07. The van der Waals surface area contributed by atoms with Crippen molar-refractivity contribution < 1.29 is 33.1 Å². The first-order valence-electron chi connectivity index (χ1n) is 10.7. The third-order valence-corrected chi connectivity index (χ3v) is 6.03. The van der Waals surface area contributed by atoms with Gasteiger partial charge in [0, 0.05) is 29.6 Å². The van der Waals surface area contributed by atoms with Gasteiger partial charge in [0.15, 0.2) is 6.61 Å². The molecule has 9 nitrogen and oxygen atoms in total. The number of hydrogen-bond acceptors (Lipinski definition) is 8. The summed E-state index contributed by atoms with van der Waals surface area (Å²) in [5.74, 6) is -1.36. The van der Waals surface area contributed by atoms with E-state index in [9.17, 15) is 19.2 Å². The van der Waals surface area contributed by atoms with Crippen LogP contribution in [0.25, 0.3) is 11.3 Å². The zero-order chi connectivity index (χ0) is 24.1. The zero-order valence-corrected chi connectivity index (χ0v) is 19.2. The van der Waals surface area contributed by atoms with E-state index in [1.807, 2.05) is 0 Å². The van der Waals surface area contributed by atoms with Crippen LogP contribution in [0.1, 0.15) is 40.5 Å². The van der Waals surface area contributed by atoms with Gasteiger partial charge in [-0.3, -0.25) is 9.59 Å². The topological polar surface area (TPSA) is 115 Å². The normalized spacial score (nSPS) is 13.1.